The molecule has 0 saturated carbocycles. The molecule has 0 unspecified atom stereocenters. The zero-order valence-corrected chi connectivity index (χ0v) is 11.0. The van der Waals surface area contributed by atoms with E-state index in [1.807, 2.05) is 42.5 Å². The number of ether oxygens (including phenoxy) is 1. The molecule has 0 bridgehead atoms. The number of para-hydroxylation sites is 2. The zero-order chi connectivity index (χ0) is 12.9. The van der Waals surface area contributed by atoms with Gasteiger partial charge in [0.25, 0.3) is 0 Å². The molecular weight excluding hydrogens is 234 g/mol. The molecule has 2 nitrogen and oxygen atoms in total. The van der Waals surface area contributed by atoms with Crippen molar-refractivity contribution in [3.05, 3.63) is 60.7 Å². The summed E-state index contributed by atoms with van der Waals surface area (Å²) in [6.45, 7) is 2.08. The molecule has 0 aromatic heterocycles. The molecule has 2 aromatic rings. The topological polar surface area (TPSA) is 12.5 Å². The van der Waals surface area contributed by atoms with Crippen molar-refractivity contribution >= 4 is 5.69 Å². The molecule has 0 amide bonds. The molecule has 1 radical (unpaired) electrons. The molecule has 0 N–H and O–H groups in total. The highest BCUT2D eigenvalue weighted by atomic mass is 16.5. The van der Waals surface area contributed by atoms with Crippen LogP contribution in [-0.2, 0) is 0 Å². The first-order valence-electron chi connectivity index (χ1n) is 6.85. The van der Waals surface area contributed by atoms with Gasteiger partial charge >= 0.3 is 0 Å². The Balaban J connectivity index is 1.55. The molecular formula is C17H18NO. The van der Waals surface area contributed by atoms with Crippen LogP contribution in [0.5, 0.6) is 5.75 Å². The second kappa shape index (κ2) is 5.79. The van der Waals surface area contributed by atoms with Gasteiger partial charge in [0.15, 0.2) is 0 Å². The van der Waals surface area contributed by atoms with Gasteiger partial charge in [-0.1, -0.05) is 36.4 Å². The minimum Gasteiger partial charge on any atom is -0.490 e. The Morgan fingerprint density at radius 1 is 0.947 bits per heavy atom. The van der Waals surface area contributed by atoms with E-state index in [0.717, 1.165) is 31.7 Å². The van der Waals surface area contributed by atoms with E-state index in [9.17, 15) is 0 Å². The maximum absolute atomic E-state index is 6.00. The first-order chi connectivity index (χ1) is 9.42. The standard InChI is InChI=1S/C17H18NO/c1-3-7-15(8-4-1)18-13-11-17(12-14-18)19-16-9-5-2-6-10-16/h1-7,9-10,17H,11-14H2. The summed E-state index contributed by atoms with van der Waals surface area (Å²) in [5.41, 5.74) is 1.20. The summed E-state index contributed by atoms with van der Waals surface area (Å²) in [4.78, 5) is 2.38. The van der Waals surface area contributed by atoms with E-state index in [1.165, 1.54) is 5.69 Å². The molecule has 97 valence electrons. The minimum atomic E-state index is 0.336. The fraction of sp³-hybridized carbons (Fsp3) is 0.294. The number of rotatable bonds is 3. The van der Waals surface area contributed by atoms with E-state index in [-0.39, 0.29) is 0 Å². The predicted octanol–water partition coefficient (Wildman–Crippen LogP) is 3.53. The van der Waals surface area contributed by atoms with E-state index in [4.69, 9.17) is 4.74 Å². The van der Waals surface area contributed by atoms with Crippen LogP contribution in [0, 0.1) is 6.07 Å². The van der Waals surface area contributed by atoms with Crippen molar-refractivity contribution in [2.75, 3.05) is 18.0 Å². The summed E-state index contributed by atoms with van der Waals surface area (Å²) in [5, 5.41) is 0. The van der Waals surface area contributed by atoms with E-state index < -0.39 is 0 Å². The van der Waals surface area contributed by atoms with E-state index in [1.54, 1.807) is 0 Å². The lowest BCUT2D eigenvalue weighted by molar-refractivity contribution is 0.171. The Morgan fingerprint density at radius 2 is 1.68 bits per heavy atom. The highest BCUT2D eigenvalue weighted by molar-refractivity contribution is 5.45. The van der Waals surface area contributed by atoms with Crippen LogP contribution >= 0.6 is 0 Å². The van der Waals surface area contributed by atoms with Gasteiger partial charge in [0.05, 0.1) is 0 Å². The highest BCUT2D eigenvalue weighted by Gasteiger charge is 2.20. The molecule has 1 aliphatic rings. The lowest BCUT2D eigenvalue weighted by Gasteiger charge is -2.33. The smallest absolute Gasteiger partial charge is 0.119 e. The molecule has 1 aliphatic heterocycles. The van der Waals surface area contributed by atoms with Gasteiger partial charge in [0.1, 0.15) is 11.9 Å². The number of hydrogen-bond acceptors (Lipinski definition) is 2. The third kappa shape index (κ3) is 3.08. The number of piperidine rings is 1. The first-order valence-corrected chi connectivity index (χ1v) is 6.85. The van der Waals surface area contributed by atoms with Crippen LogP contribution in [0.3, 0.4) is 0 Å². The maximum atomic E-state index is 6.00. The van der Waals surface area contributed by atoms with Crippen molar-refractivity contribution in [3.63, 3.8) is 0 Å². The Labute approximate surface area is 114 Å². The number of nitrogens with zero attached hydrogens (tertiary/aromatic N) is 1. The first kappa shape index (κ1) is 12.1. The summed E-state index contributed by atoms with van der Waals surface area (Å²) >= 11 is 0. The van der Waals surface area contributed by atoms with Crippen LogP contribution in [0.25, 0.3) is 0 Å². The molecule has 19 heavy (non-hydrogen) atoms. The van der Waals surface area contributed by atoms with Crippen LogP contribution in [0.4, 0.5) is 5.69 Å². The molecule has 2 heteroatoms. The number of benzene rings is 2. The summed E-state index contributed by atoms with van der Waals surface area (Å²) in [6.07, 6.45) is 2.47. The lowest BCUT2D eigenvalue weighted by atomic mass is 10.1. The van der Waals surface area contributed by atoms with Crippen LogP contribution < -0.4 is 9.64 Å². The van der Waals surface area contributed by atoms with Crippen LogP contribution in [0.2, 0.25) is 0 Å². The second-order valence-corrected chi connectivity index (χ2v) is 4.87. The molecule has 0 aliphatic carbocycles. The van der Waals surface area contributed by atoms with E-state index >= 15 is 0 Å². The van der Waals surface area contributed by atoms with Crippen molar-refractivity contribution < 1.29 is 4.74 Å². The highest BCUT2D eigenvalue weighted by Crippen LogP contribution is 2.22. The predicted molar refractivity (Wildman–Crippen MR) is 77.6 cm³/mol. The van der Waals surface area contributed by atoms with Gasteiger partial charge in [-0.15, -0.1) is 0 Å². The van der Waals surface area contributed by atoms with Gasteiger partial charge in [-0.2, -0.15) is 0 Å². The molecule has 0 spiro atoms. The van der Waals surface area contributed by atoms with Crippen LogP contribution in [0.1, 0.15) is 12.8 Å². The Kier molecular flexibility index (Phi) is 3.68. The van der Waals surface area contributed by atoms with Crippen molar-refractivity contribution in [2.45, 2.75) is 18.9 Å². The molecule has 3 rings (SSSR count). The Bertz CT molecular complexity index is 489. The van der Waals surface area contributed by atoms with Crippen molar-refractivity contribution in [2.24, 2.45) is 0 Å². The average molecular weight is 252 g/mol. The summed E-state index contributed by atoms with van der Waals surface area (Å²) in [7, 11) is 0. The zero-order valence-electron chi connectivity index (χ0n) is 11.0. The molecule has 0 atom stereocenters. The summed E-state index contributed by atoms with van der Waals surface area (Å²) < 4.78 is 6.00. The normalized spacial score (nSPS) is 16.3. The Morgan fingerprint density at radius 3 is 2.37 bits per heavy atom. The quantitative estimate of drug-likeness (QED) is 0.828. The minimum absolute atomic E-state index is 0.336. The van der Waals surface area contributed by atoms with Gasteiger partial charge in [-0.05, 0) is 18.2 Å². The van der Waals surface area contributed by atoms with Gasteiger partial charge in [-0.3, -0.25) is 0 Å². The number of hydrogen-bond donors (Lipinski definition) is 0. The molecule has 1 fully saturated rings. The summed E-state index contributed by atoms with van der Waals surface area (Å²) in [5.74, 6) is 0.979. The SMILES string of the molecule is [c]1ccccc1N1CCC(Oc2ccccc2)CC1. The average Bonchev–Trinajstić information content (AvgIpc) is 2.50. The fourth-order valence-corrected chi connectivity index (χ4v) is 2.49. The number of anilines is 1. The maximum Gasteiger partial charge on any atom is 0.119 e. The molecule has 1 heterocycles. The van der Waals surface area contributed by atoms with Gasteiger partial charge < -0.3 is 9.64 Å². The van der Waals surface area contributed by atoms with E-state index in [2.05, 4.69) is 23.1 Å². The fourth-order valence-electron chi connectivity index (χ4n) is 2.49. The van der Waals surface area contributed by atoms with Gasteiger partial charge in [0, 0.05) is 37.7 Å². The van der Waals surface area contributed by atoms with E-state index in [0.29, 0.717) is 6.10 Å². The summed E-state index contributed by atoms with van der Waals surface area (Å²) in [6, 6.07) is 21.6. The van der Waals surface area contributed by atoms with Crippen molar-refractivity contribution in [1.82, 2.24) is 0 Å². The molecule has 1 saturated heterocycles. The second-order valence-electron chi connectivity index (χ2n) is 4.87. The largest absolute Gasteiger partial charge is 0.490 e. The third-order valence-corrected chi connectivity index (χ3v) is 3.52. The lowest BCUT2D eigenvalue weighted by Crippen LogP contribution is -2.38. The van der Waals surface area contributed by atoms with Gasteiger partial charge in [0.2, 0.25) is 0 Å². The van der Waals surface area contributed by atoms with Crippen LogP contribution in [-0.4, -0.2) is 19.2 Å². The monoisotopic (exact) mass is 252 g/mol. The van der Waals surface area contributed by atoms with Crippen molar-refractivity contribution in [1.29, 1.82) is 0 Å². The third-order valence-electron chi connectivity index (χ3n) is 3.52. The molecule has 2 aromatic carbocycles. The van der Waals surface area contributed by atoms with Crippen LogP contribution in [0.15, 0.2) is 54.6 Å². The van der Waals surface area contributed by atoms with Crippen molar-refractivity contribution in [3.8, 4) is 5.75 Å². The Hall–Kier alpha value is -1.96. The van der Waals surface area contributed by atoms with Gasteiger partial charge in [-0.25, -0.2) is 0 Å².